The minimum atomic E-state index is -0.859. The molecule has 0 aromatic carbocycles. The third-order valence-electron chi connectivity index (χ3n) is 3.33. The molecule has 1 heterocycles. The lowest BCUT2D eigenvalue weighted by molar-refractivity contribution is -0.143. The zero-order chi connectivity index (χ0) is 14.0. The molecule has 1 aliphatic carbocycles. The maximum atomic E-state index is 12.0. The molecule has 1 amide bonds. The van der Waals surface area contributed by atoms with Gasteiger partial charge in [-0.3, -0.25) is 9.59 Å². The number of pyridine rings is 1. The lowest BCUT2D eigenvalue weighted by Gasteiger charge is -2.12. The van der Waals surface area contributed by atoms with E-state index in [1.807, 2.05) is 0 Å². The van der Waals surface area contributed by atoms with Gasteiger partial charge in [-0.05, 0) is 31.9 Å². The number of rotatable bonds is 5. The average molecular weight is 264 g/mol. The number of hydrogen-bond donors (Lipinski definition) is 2. The molecule has 0 bridgehead atoms. The number of aromatic nitrogens is 1. The van der Waals surface area contributed by atoms with Crippen molar-refractivity contribution in [3.05, 3.63) is 23.4 Å². The molecule has 19 heavy (non-hydrogen) atoms. The van der Waals surface area contributed by atoms with Crippen molar-refractivity contribution in [1.29, 1.82) is 0 Å². The molecule has 2 N–H and O–H groups in total. The van der Waals surface area contributed by atoms with Gasteiger partial charge in [0.25, 0.3) is 5.91 Å². The van der Waals surface area contributed by atoms with Crippen LogP contribution in [0.25, 0.3) is 0 Å². The van der Waals surface area contributed by atoms with Gasteiger partial charge in [0.15, 0.2) is 0 Å². The number of methoxy groups -OCH3 is 1. The summed E-state index contributed by atoms with van der Waals surface area (Å²) in [6.07, 6.45) is 1.21. The first-order chi connectivity index (χ1) is 8.98. The molecular formula is C13H16N2O4. The summed E-state index contributed by atoms with van der Waals surface area (Å²) in [5.74, 6) is -0.976. The van der Waals surface area contributed by atoms with E-state index in [-0.39, 0.29) is 18.3 Å². The van der Waals surface area contributed by atoms with Crippen molar-refractivity contribution in [3.8, 4) is 5.88 Å². The summed E-state index contributed by atoms with van der Waals surface area (Å²) in [6.45, 7) is 1.94. The monoisotopic (exact) mass is 264 g/mol. The first-order valence-corrected chi connectivity index (χ1v) is 6.02. The SMILES string of the molecule is COc1nc(C)ccc1C(=O)NCC1(C(=O)O)CC1. The number of aliphatic carboxylic acids is 1. The molecule has 0 atom stereocenters. The van der Waals surface area contributed by atoms with E-state index in [4.69, 9.17) is 9.84 Å². The van der Waals surface area contributed by atoms with Gasteiger partial charge in [-0.25, -0.2) is 4.98 Å². The highest BCUT2D eigenvalue weighted by molar-refractivity contribution is 5.96. The van der Waals surface area contributed by atoms with Gasteiger partial charge in [-0.15, -0.1) is 0 Å². The van der Waals surface area contributed by atoms with Gasteiger partial charge >= 0.3 is 5.97 Å². The van der Waals surface area contributed by atoms with Crippen LogP contribution in [0.4, 0.5) is 0 Å². The van der Waals surface area contributed by atoms with E-state index in [1.165, 1.54) is 7.11 Å². The Kier molecular flexibility index (Phi) is 3.42. The van der Waals surface area contributed by atoms with E-state index in [2.05, 4.69) is 10.3 Å². The fraction of sp³-hybridized carbons (Fsp3) is 0.462. The van der Waals surface area contributed by atoms with Crippen LogP contribution in [0.3, 0.4) is 0 Å². The third-order valence-corrected chi connectivity index (χ3v) is 3.33. The summed E-state index contributed by atoms with van der Waals surface area (Å²) in [5, 5.41) is 11.7. The molecule has 0 aliphatic heterocycles. The van der Waals surface area contributed by atoms with Crippen molar-refractivity contribution < 1.29 is 19.4 Å². The second-order valence-electron chi connectivity index (χ2n) is 4.78. The normalized spacial score (nSPS) is 15.7. The number of carboxylic acids is 1. The molecule has 1 fully saturated rings. The van der Waals surface area contributed by atoms with Gasteiger partial charge in [-0.2, -0.15) is 0 Å². The molecule has 1 aromatic rings. The van der Waals surface area contributed by atoms with Crippen LogP contribution in [-0.4, -0.2) is 35.6 Å². The van der Waals surface area contributed by atoms with Gasteiger partial charge in [0.05, 0.1) is 12.5 Å². The number of nitrogens with one attached hydrogen (secondary N) is 1. The zero-order valence-electron chi connectivity index (χ0n) is 10.9. The summed E-state index contributed by atoms with van der Waals surface area (Å²) in [5.41, 5.74) is 0.285. The summed E-state index contributed by atoms with van der Waals surface area (Å²) >= 11 is 0. The third kappa shape index (κ3) is 2.67. The Balaban J connectivity index is 2.06. The van der Waals surface area contributed by atoms with Crippen LogP contribution in [0.5, 0.6) is 5.88 Å². The molecule has 2 rings (SSSR count). The molecule has 0 spiro atoms. The second kappa shape index (κ2) is 4.87. The fourth-order valence-electron chi connectivity index (χ4n) is 1.82. The van der Waals surface area contributed by atoms with E-state index in [0.29, 0.717) is 18.4 Å². The maximum absolute atomic E-state index is 12.0. The molecular weight excluding hydrogens is 248 g/mol. The Labute approximate surface area is 110 Å². The molecule has 0 unspecified atom stereocenters. The number of carbonyl (C=O) groups is 2. The zero-order valence-corrected chi connectivity index (χ0v) is 10.9. The summed E-state index contributed by atoms with van der Waals surface area (Å²) in [6, 6.07) is 3.33. The van der Waals surface area contributed by atoms with E-state index in [1.54, 1.807) is 19.1 Å². The van der Waals surface area contributed by atoms with Crippen LogP contribution in [0.2, 0.25) is 0 Å². The van der Waals surface area contributed by atoms with Crippen molar-refractivity contribution >= 4 is 11.9 Å². The van der Waals surface area contributed by atoms with Gasteiger partial charge < -0.3 is 15.2 Å². The van der Waals surface area contributed by atoms with Gasteiger partial charge in [0, 0.05) is 12.2 Å². The Morgan fingerprint density at radius 3 is 2.68 bits per heavy atom. The fourth-order valence-corrected chi connectivity index (χ4v) is 1.82. The van der Waals surface area contributed by atoms with Crippen LogP contribution in [0.1, 0.15) is 28.9 Å². The lowest BCUT2D eigenvalue weighted by atomic mass is 10.1. The van der Waals surface area contributed by atoms with Gasteiger partial charge in [0.2, 0.25) is 5.88 Å². The number of carboxylic acid groups (broad SMARTS) is 1. The van der Waals surface area contributed by atoms with Crippen molar-refractivity contribution in [1.82, 2.24) is 10.3 Å². The van der Waals surface area contributed by atoms with E-state index in [0.717, 1.165) is 5.69 Å². The quantitative estimate of drug-likeness (QED) is 0.828. The number of hydrogen-bond acceptors (Lipinski definition) is 4. The van der Waals surface area contributed by atoms with Crippen LogP contribution < -0.4 is 10.1 Å². The molecule has 1 aliphatic rings. The smallest absolute Gasteiger partial charge is 0.311 e. The van der Waals surface area contributed by atoms with Crippen LogP contribution in [0, 0.1) is 12.3 Å². The lowest BCUT2D eigenvalue weighted by Crippen LogP contribution is -2.34. The maximum Gasteiger partial charge on any atom is 0.311 e. The van der Waals surface area contributed by atoms with E-state index in [9.17, 15) is 9.59 Å². The Morgan fingerprint density at radius 2 is 2.16 bits per heavy atom. The van der Waals surface area contributed by atoms with Crippen molar-refractivity contribution in [2.75, 3.05) is 13.7 Å². The molecule has 0 saturated heterocycles. The van der Waals surface area contributed by atoms with Crippen molar-refractivity contribution in [2.45, 2.75) is 19.8 Å². The van der Waals surface area contributed by atoms with Crippen molar-refractivity contribution in [3.63, 3.8) is 0 Å². The molecule has 1 aromatic heterocycles. The highest BCUT2D eigenvalue weighted by Crippen LogP contribution is 2.45. The van der Waals surface area contributed by atoms with Crippen LogP contribution in [0.15, 0.2) is 12.1 Å². The number of carbonyl (C=O) groups excluding carboxylic acids is 1. The first kappa shape index (κ1) is 13.3. The number of ether oxygens (including phenoxy) is 1. The minimum Gasteiger partial charge on any atom is -0.481 e. The van der Waals surface area contributed by atoms with Crippen LogP contribution >= 0.6 is 0 Å². The largest absolute Gasteiger partial charge is 0.481 e. The molecule has 6 heteroatoms. The highest BCUT2D eigenvalue weighted by Gasteiger charge is 2.50. The summed E-state index contributed by atoms with van der Waals surface area (Å²) in [7, 11) is 1.44. The number of nitrogens with zero attached hydrogens (tertiary/aromatic N) is 1. The highest BCUT2D eigenvalue weighted by atomic mass is 16.5. The summed E-state index contributed by atoms with van der Waals surface area (Å²) < 4.78 is 5.05. The predicted octanol–water partition coefficient (Wildman–Crippen LogP) is 0.993. The predicted molar refractivity (Wildman–Crippen MR) is 67.2 cm³/mol. The van der Waals surface area contributed by atoms with Crippen LogP contribution in [-0.2, 0) is 4.79 Å². The molecule has 1 saturated carbocycles. The van der Waals surface area contributed by atoms with Crippen molar-refractivity contribution in [2.24, 2.45) is 5.41 Å². The summed E-state index contributed by atoms with van der Waals surface area (Å²) in [4.78, 5) is 27.1. The Hall–Kier alpha value is -2.11. The van der Waals surface area contributed by atoms with Gasteiger partial charge in [-0.1, -0.05) is 0 Å². The molecule has 6 nitrogen and oxygen atoms in total. The standard InChI is InChI=1S/C13H16N2O4/c1-8-3-4-9(11(15-8)19-2)10(16)14-7-13(5-6-13)12(17)18/h3-4H,5-7H2,1-2H3,(H,14,16)(H,17,18). The van der Waals surface area contributed by atoms with E-state index < -0.39 is 11.4 Å². The van der Waals surface area contributed by atoms with Gasteiger partial charge in [0.1, 0.15) is 5.56 Å². The van der Waals surface area contributed by atoms with E-state index >= 15 is 0 Å². The number of amides is 1. The Bertz CT molecular complexity index is 523. The Morgan fingerprint density at radius 1 is 1.47 bits per heavy atom. The molecule has 0 radical (unpaired) electrons. The minimum absolute atomic E-state index is 0.137. The number of aryl methyl sites for hydroxylation is 1. The average Bonchev–Trinajstić information content (AvgIpc) is 3.17. The first-order valence-electron chi connectivity index (χ1n) is 6.02. The molecule has 102 valence electrons. The second-order valence-corrected chi connectivity index (χ2v) is 4.78. The topological polar surface area (TPSA) is 88.5 Å².